The van der Waals surface area contributed by atoms with Gasteiger partial charge in [-0.25, -0.2) is 0 Å². The molecule has 4 nitrogen and oxygen atoms in total. The van der Waals surface area contributed by atoms with Gasteiger partial charge in [-0.15, -0.1) is 0 Å². The minimum Gasteiger partial charge on any atom is -0.381 e. The molecule has 0 aromatic carbocycles. The van der Waals surface area contributed by atoms with E-state index in [1.165, 1.54) is 0 Å². The van der Waals surface area contributed by atoms with Crippen molar-refractivity contribution in [2.75, 3.05) is 32.8 Å². The summed E-state index contributed by atoms with van der Waals surface area (Å²) in [5.41, 5.74) is 5.37. The van der Waals surface area contributed by atoms with Crippen LogP contribution in [0.15, 0.2) is 0 Å². The van der Waals surface area contributed by atoms with E-state index < -0.39 is 0 Å². The number of likely N-dealkylation sites (tertiary alicyclic amines) is 1. The average molecular weight is 198 g/mol. The van der Waals surface area contributed by atoms with E-state index in [2.05, 4.69) is 0 Å². The molecule has 2 fully saturated rings. The smallest absolute Gasteiger partial charge is 0.223 e. The molecular weight excluding hydrogens is 180 g/mol. The molecule has 2 N–H and O–H groups in total. The normalized spacial score (nSPS) is 31.6. The molecule has 2 heterocycles. The Kier molecular flexibility index (Phi) is 3.03. The Morgan fingerprint density at radius 2 is 2.21 bits per heavy atom. The second-order valence-corrected chi connectivity index (χ2v) is 4.22. The third-order valence-corrected chi connectivity index (χ3v) is 3.27. The summed E-state index contributed by atoms with van der Waals surface area (Å²) < 4.78 is 5.42. The molecule has 1 amide bonds. The second kappa shape index (κ2) is 4.28. The van der Waals surface area contributed by atoms with E-state index in [9.17, 15) is 4.79 Å². The third kappa shape index (κ3) is 1.91. The summed E-state index contributed by atoms with van der Waals surface area (Å²) in [6.45, 7) is 3.95. The molecule has 0 spiro atoms. The van der Waals surface area contributed by atoms with Gasteiger partial charge in [-0.1, -0.05) is 0 Å². The summed E-state index contributed by atoms with van der Waals surface area (Å²) >= 11 is 0. The summed E-state index contributed by atoms with van der Waals surface area (Å²) in [5.74, 6) is 1.47. The minimum absolute atomic E-state index is 0.206. The number of piperidine rings is 1. The van der Waals surface area contributed by atoms with Crippen LogP contribution >= 0.6 is 0 Å². The predicted octanol–water partition coefficient (Wildman–Crippen LogP) is -0.170. The van der Waals surface area contributed by atoms with Gasteiger partial charge in [-0.05, 0) is 12.3 Å². The molecule has 0 unspecified atom stereocenters. The van der Waals surface area contributed by atoms with Gasteiger partial charge in [-0.2, -0.15) is 0 Å². The van der Waals surface area contributed by atoms with Crippen molar-refractivity contribution in [3.8, 4) is 0 Å². The Morgan fingerprint density at radius 3 is 3.00 bits per heavy atom. The maximum Gasteiger partial charge on any atom is 0.223 e. The summed E-state index contributed by atoms with van der Waals surface area (Å²) in [6.07, 6.45) is 1.58. The van der Waals surface area contributed by atoms with Gasteiger partial charge in [0.15, 0.2) is 0 Å². The molecule has 2 aliphatic rings. The van der Waals surface area contributed by atoms with E-state index in [-0.39, 0.29) is 5.91 Å². The summed E-state index contributed by atoms with van der Waals surface area (Å²) in [4.78, 5) is 13.5. The molecular formula is C10H18N2O2. The van der Waals surface area contributed by atoms with Crippen LogP contribution in [0.1, 0.15) is 12.8 Å². The van der Waals surface area contributed by atoms with E-state index in [1.807, 2.05) is 4.90 Å². The molecule has 0 saturated carbocycles. The first-order valence-electron chi connectivity index (χ1n) is 5.37. The number of ether oxygens (including phenoxy) is 1. The number of amides is 1. The summed E-state index contributed by atoms with van der Waals surface area (Å²) in [5, 5.41) is 0. The lowest BCUT2D eigenvalue weighted by Gasteiger charge is -2.33. The molecule has 2 rings (SSSR count). The fraction of sp³-hybridized carbons (Fsp3) is 0.900. The standard InChI is InChI=1S/C10H18N2O2/c11-3-1-10(13)12-4-2-8-6-14-7-9(8)5-12/h8-9H,1-7,11H2/t8-,9-/m1/s1. The van der Waals surface area contributed by atoms with Crippen molar-refractivity contribution in [3.63, 3.8) is 0 Å². The van der Waals surface area contributed by atoms with Crippen LogP contribution in [-0.2, 0) is 9.53 Å². The molecule has 0 radical (unpaired) electrons. The van der Waals surface area contributed by atoms with Gasteiger partial charge in [0.1, 0.15) is 0 Å². The number of carbonyl (C=O) groups excluding carboxylic acids is 1. The number of rotatable bonds is 2. The van der Waals surface area contributed by atoms with Crippen LogP contribution in [0, 0.1) is 11.8 Å². The Hall–Kier alpha value is -0.610. The molecule has 2 atom stereocenters. The van der Waals surface area contributed by atoms with Gasteiger partial charge in [0.25, 0.3) is 0 Å². The molecule has 80 valence electrons. The van der Waals surface area contributed by atoms with Crippen LogP contribution in [0.3, 0.4) is 0 Å². The molecule has 2 saturated heterocycles. The Morgan fingerprint density at radius 1 is 1.43 bits per heavy atom. The molecule has 14 heavy (non-hydrogen) atoms. The van der Waals surface area contributed by atoms with Crippen molar-refractivity contribution in [2.24, 2.45) is 17.6 Å². The molecule has 2 aliphatic heterocycles. The first-order valence-corrected chi connectivity index (χ1v) is 5.37. The number of hydrogen-bond acceptors (Lipinski definition) is 3. The van der Waals surface area contributed by atoms with Crippen molar-refractivity contribution in [3.05, 3.63) is 0 Å². The van der Waals surface area contributed by atoms with Crippen molar-refractivity contribution < 1.29 is 9.53 Å². The van der Waals surface area contributed by atoms with Crippen LogP contribution in [0.2, 0.25) is 0 Å². The number of nitrogens with zero attached hydrogens (tertiary/aromatic N) is 1. The van der Waals surface area contributed by atoms with Gasteiger partial charge in [0.05, 0.1) is 6.61 Å². The van der Waals surface area contributed by atoms with Gasteiger partial charge >= 0.3 is 0 Å². The zero-order chi connectivity index (χ0) is 9.97. The number of nitrogens with two attached hydrogens (primary N) is 1. The van der Waals surface area contributed by atoms with E-state index in [0.717, 1.165) is 32.7 Å². The maximum atomic E-state index is 11.6. The van der Waals surface area contributed by atoms with Crippen molar-refractivity contribution >= 4 is 5.91 Å². The Balaban J connectivity index is 1.87. The van der Waals surface area contributed by atoms with Crippen LogP contribution in [0.5, 0.6) is 0 Å². The fourth-order valence-electron chi connectivity index (χ4n) is 2.37. The van der Waals surface area contributed by atoms with Gasteiger partial charge in [0, 0.05) is 38.6 Å². The average Bonchev–Trinajstić information content (AvgIpc) is 2.64. The highest BCUT2D eigenvalue weighted by Gasteiger charge is 2.34. The lowest BCUT2D eigenvalue weighted by atomic mass is 9.88. The quantitative estimate of drug-likeness (QED) is 0.670. The zero-order valence-electron chi connectivity index (χ0n) is 8.45. The summed E-state index contributed by atoms with van der Waals surface area (Å²) in [7, 11) is 0. The van der Waals surface area contributed by atoms with Crippen LogP contribution < -0.4 is 5.73 Å². The SMILES string of the molecule is NCCC(=O)N1CC[C@@H]2COC[C@H]2C1. The van der Waals surface area contributed by atoms with Gasteiger partial charge in [-0.3, -0.25) is 4.79 Å². The van der Waals surface area contributed by atoms with E-state index in [0.29, 0.717) is 24.8 Å². The molecule has 0 bridgehead atoms. The van der Waals surface area contributed by atoms with Crippen molar-refractivity contribution in [2.45, 2.75) is 12.8 Å². The van der Waals surface area contributed by atoms with Crippen molar-refractivity contribution in [1.82, 2.24) is 4.90 Å². The topological polar surface area (TPSA) is 55.6 Å². The lowest BCUT2D eigenvalue weighted by Crippen LogP contribution is -2.43. The predicted molar refractivity (Wildman–Crippen MR) is 52.7 cm³/mol. The Labute approximate surface area is 84.4 Å². The minimum atomic E-state index is 0.206. The molecule has 0 aromatic rings. The Bertz CT molecular complexity index is 220. The molecule has 0 aliphatic carbocycles. The molecule has 0 aromatic heterocycles. The highest BCUT2D eigenvalue weighted by atomic mass is 16.5. The molecule has 4 heteroatoms. The first-order chi connectivity index (χ1) is 6.81. The van der Waals surface area contributed by atoms with Gasteiger partial charge < -0.3 is 15.4 Å². The number of carbonyl (C=O) groups is 1. The van der Waals surface area contributed by atoms with Crippen LogP contribution in [0.4, 0.5) is 0 Å². The maximum absolute atomic E-state index is 11.6. The lowest BCUT2D eigenvalue weighted by molar-refractivity contribution is -0.133. The van der Waals surface area contributed by atoms with E-state index >= 15 is 0 Å². The monoisotopic (exact) mass is 198 g/mol. The fourth-order valence-corrected chi connectivity index (χ4v) is 2.37. The first kappa shape index (κ1) is 9.93. The van der Waals surface area contributed by atoms with Crippen molar-refractivity contribution in [1.29, 1.82) is 0 Å². The van der Waals surface area contributed by atoms with E-state index in [4.69, 9.17) is 10.5 Å². The highest BCUT2D eigenvalue weighted by Crippen LogP contribution is 2.29. The number of fused-ring (bicyclic) bond motifs is 1. The van der Waals surface area contributed by atoms with Crippen LogP contribution in [0.25, 0.3) is 0 Å². The second-order valence-electron chi connectivity index (χ2n) is 4.22. The largest absolute Gasteiger partial charge is 0.381 e. The number of hydrogen-bond donors (Lipinski definition) is 1. The third-order valence-electron chi connectivity index (χ3n) is 3.27. The zero-order valence-corrected chi connectivity index (χ0v) is 8.45. The van der Waals surface area contributed by atoms with E-state index in [1.54, 1.807) is 0 Å². The highest BCUT2D eigenvalue weighted by molar-refractivity contribution is 5.76. The van der Waals surface area contributed by atoms with Gasteiger partial charge in [0.2, 0.25) is 5.91 Å². The van der Waals surface area contributed by atoms with Crippen LogP contribution in [-0.4, -0.2) is 43.7 Å². The summed E-state index contributed by atoms with van der Waals surface area (Å²) in [6, 6.07) is 0.